The van der Waals surface area contributed by atoms with E-state index in [-0.39, 0.29) is 0 Å². The van der Waals surface area contributed by atoms with Crippen LogP contribution in [0.3, 0.4) is 0 Å². The van der Waals surface area contributed by atoms with Crippen LogP contribution in [0.4, 0.5) is 0 Å². The summed E-state index contributed by atoms with van der Waals surface area (Å²) in [6.07, 6.45) is 3.66. The number of hydrogen-bond donors (Lipinski definition) is 0. The van der Waals surface area contributed by atoms with Crippen LogP contribution in [-0.4, -0.2) is 0 Å². The summed E-state index contributed by atoms with van der Waals surface area (Å²) in [5.41, 5.74) is 4.95. The highest BCUT2D eigenvalue weighted by molar-refractivity contribution is 5.56. The number of hydrogen-bond acceptors (Lipinski definition) is 0. The Hall–Kier alpha value is -1.52. The fourth-order valence-corrected chi connectivity index (χ4v) is 0.894. The van der Waals surface area contributed by atoms with E-state index in [0.29, 0.717) is 0 Å². The second-order valence-electron chi connectivity index (χ2n) is 2.22. The van der Waals surface area contributed by atoms with Crippen LogP contribution in [0.25, 0.3) is 12.2 Å². The van der Waals surface area contributed by atoms with Crippen molar-refractivity contribution in [2.75, 3.05) is 0 Å². The Morgan fingerprint density at radius 3 is 2.64 bits per heavy atom. The summed E-state index contributed by atoms with van der Waals surface area (Å²) in [6, 6.07) is 8.03. The lowest BCUT2D eigenvalue weighted by Gasteiger charge is -1.93. The molecule has 0 saturated carbocycles. The fraction of sp³-hybridized carbons (Fsp3) is 0. The molecular formula is C11H10. The minimum absolute atomic E-state index is 1.11. The van der Waals surface area contributed by atoms with Crippen molar-refractivity contribution in [2.24, 2.45) is 0 Å². The lowest BCUT2D eigenvalue weighted by molar-refractivity contribution is 1.62. The van der Waals surface area contributed by atoms with Crippen molar-refractivity contribution in [3.8, 4) is 0 Å². The van der Waals surface area contributed by atoms with Crippen molar-refractivity contribution >= 4 is 12.2 Å². The Morgan fingerprint density at radius 2 is 2.00 bits per heavy atom. The summed E-state index contributed by atoms with van der Waals surface area (Å²) in [5.74, 6) is 0. The van der Waals surface area contributed by atoms with Crippen LogP contribution in [0.1, 0.15) is 11.1 Å². The molecule has 1 aromatic rings. The summed E-state index contributed by atoms with van der Waals surface area (Å²) in [5, 5.41) is 0. The lowest BCUT2D eigenvalue weighted by Crippen LogP contribution is -1.72. The van der Waals surface area contributed by atoms with Gasteiger partial charge in [0.05, 0.1) is 0 Å². The van der Waals surface area contributed by atoms with Crippen LogP contribution in [0, 0.1) is 0 Å². The van der Waals surface area contributed by atoms with E-state index in [1.807, 2.05) is 36.4 Å². The van der Waals surface area contributed by atoms with Crippen LogP contribution in [-0.2, 0) is 0 Å². The highest BCUT2D eigenvalue weighted by Gasteiger charge is 1.86. The zero-order chi connectivity index (χ0) is 8.10. The van der Waals surface area contributed by atoms with Gasteiger partial charge in [0, 0.05) is 0 Å². The summed E-state index contributed by atoms with van der Waals surface area (Å²) >= 11 is 0. The Balaban J connectivity index is 3.09. The second kappa shape index (κ2) is 3.60. The minimum atomic E-state index is 1.11. The molecule has 0 saturated heterocycles. The molecular weight excluding hydrogens is 132 g/mol. The first kappa shape index (κ1) is 7.59. The largest absolute Gasteiger partial charge is 0.128 e. The molecule has 0 aliphatic rings. The topological polar surface area (TPSA) is 0 Å². The Kier molecular flexibility index (Phi) is 2.48. The van der Waals surface area contributed by atoms with Crippen LogP contribution in [0.2, 0.25) is 0 Å². The van der Waals surface area contributed by atoms with Gasteiger partial charge in [-0.15, -0.1) is 5.73 Å². The van der Waals surface area contributed by atoms with E-state index < -0.39 is 0 Å². The first-order valence-electron chi connectivity index (χ1n) is 3.45. The van der Waals surface area contributed by atoms with Gasteiger partial charge in [-0.2, -0.15) is 0 Å². The van der Waals surface area contributed by atoms with Gasteiger partial charge >= 0.3 is 0 Å². The molecule has 1 aromatic carbocycles. The van der Waals surface area contributed by atoms with E-state index in [0.717, 1.165) is 11.1 Å². The maximum atomic E-state index is 3.68. The van der Waals surface area contributed by atoms with Crippen LogP contribution >= 0.6 is 0 Å². The molecule has 0 aliphatic heterocycles. The van der Waals surface area contributed by atoms with Crippen molar-refractivity contribution in [3.05, 3.63) is 54.3 Å². The van der Waals surface area contributed by atoms with Gasteiger partial charge in [-0.25, -0.2) is 0 Å². The molecule has 0 amide bonds. The maximum absolute atomic E-state index is 3.68. The third-order valence-electron chi connectivity index (χ3n) is 1.42. The van der Waals surface area contributed by atoms with Crippen molar-refractivity contribution in [1.29, 1.82) is 0 Å². The highest BCUT2D eigenvalue weighted by Crippen LogP contribution is 2.06. The molecule has 0 radical (unpaired) electrons. The van der Waals surface area contributed by atoms with Crippen LogP contribution in [0.15, 0.2) is 43.2 Å². The second-order valence-corrected chi connectivity index (χ2v) is 2.22. The third-order valence-corrected chi connectivity index (χ3v) is 1.42. The molecule has 0 fully saturated rings. The predicted octanol–water partition coefficient (Wildman–Crippen LogP) is 3.13. The van der Waals surface area contributed by atoms with Gasteiger partial charge in [0.15, 0.2) is 0 Å². The molecule has 0 heteroatoms. The fourth-order valence-electron chi connectivity index (χ4n) is 0.894. The van der Waals surface area contributed by atoms with Crippen molar-refractivity contribution < 1.29 is 0 Å². The van der Waals surface area contributed by atoms with E-state index in [2.05, 4.69) is 18.9 Å². The summed E-state index contributed by atoms with van der Waals surface area (Å²) in [4.78, 5) is 0. The average Bonchev–Trinajstić information content (AvgIpc) is 2.06. The van der Waals surface area contributed by atoms with Gasteiger partial charge in [-0.05, 0) is 23.3 Å². The SMILES string of the molecule is C=C=Cc1cccc(C=C)c1. The molecule has 0 nitrogen and oxygen atoms in total. The smallest absolute Gasteiger partial charge is 0.0133 e. The molecule has 11 heavy (non-hydrogen) atoms. The Morgan fingerprint density at radius 1 is 1.27 bits per heavy atom. The van der Waals surface area contributed by atoms with Crippen molar-refractivity contribution in [1.82, 2.24) is 0 Å². The first-order valence-corrected chi connectivity index (χ1v) is 3.45. The number of benzene rings is 1. The van der Waals surface area contributed by atoms with Gasteiger partial charge in [0.1, 0.15) is 0 Å². The van der Waals surface area contributed by atoms with E-state index in [1.165, 1.54) is 0 Å². The molecule has 0 aliphatic carbocycles. The molecule has 0 heterocycles. The van der Waals surface area contributed by atoms with Gasteiger partial charge < -0.3 is 0 Å². The van der Waals surface area contributed by atoms with Gasteiger partial charge in [0.25, 0.3) is 0 Å². The third kappa shape index (κ3) is 1.96. The van der Waals surface area contributed by atoms with Gasteiger partial charge in [-0.1, -0.05) is 37.4 Å². The summed E-state index contributed by atoms with van der Waals surface area (Å²) < 4.78 is 0. The quantitative estimate of drug-likeness (QED) is 0.556. The first-order chi connectivity index (χ1) is 5.36. The van der Waals surface area contributed by atoms with E-state index in [1.54, 1.807) is 0 Å². The van der Waals surface area contributed by atoms with Crippen molar-refractivity contribution in [3.63, 3.8) is 0 Å². The molecule has 0 aromatic heterocycles. The summed E-state index contributed by atoms with van der Waals surface area (Å²) in [6.45, 7) is 7.19. The van der Waals surface area contributed by atoms with Crippen LogP contribution in [0.5, 0.6) is 0 Å². The molecule has 0 atom stereocenters. The zero-order valence-corrected chi connectivity index (χ0v) is 6.38. The van der Waals surface area contributed by atoms with Crippen LogP contribution < -0.4 is 0 Å². The highest BCUT2D eigenvalue weighted by atomic mass is 13.9. The monoisotopic (exact) mass is 142 g/mol. The minimum Gasteiger partial charge on any atom is -0.128 e. The Bertz CT molecular complexity index is 302. The molecule has 1 rings (SSSR count). The molecule has 0 N–H and O–H groups in total. The molecule has 54 valence electrons. The zero-order valence-electron chi connectivity index (χ0n) is 6.38. The van der Waals surface area contributed by atoms with E-state index >= 15 is 0 Å². The maximum Gasteiger partial charge on any atom is -0.0133 e. The molecule has 0 bridgehead atoms. The Labute approximate surface area is 67.2 Å². The average molecular weight is 142 g/mol. The van der Waals surface area contributed by atoms with Crippen molar-refractivity contribution in [2.45, 2.75) is 0 Å². The molecule has 0 spiro atoms. The molecule has 0 unspecified atom stereocenters. The van der Waals surface area contributed by atoms with Gasteiger partial charge in [0.2, 0.25) is 0 Å². The van der Waals surface area contributed by atoms with E-state index in [9.17, 15) is 0 Å². The number of rotatable bonds is 2. The van der Waals surface area contributed by atoms with E-state index in [4.69, 9.17) is 0 Å². The standard InChI is InChI=1S/C11H10/c1-3-6-11-8-5-7-10(4-2)9-11/h4-9H,1-2H2. The van der Waals surface area contributed by atoms with Gasteiger partial charge in [-0.3, -0.25) is 0 Å². The predicted molar refractivity (Wildman–Crippen MR) is 50.1 cm³/mol. The summed E-state index contributed by atoms with van der Waals surface area (Å²) in [7, 11) is 0. The normalized spacial score (nSPS) is 8.36. The lowest BCUT2D eigenvalue weighted by atomic mass is 10.1.